The third-order valence-corrected chi connectivity index (χ3v) is 4.26. The Bertz CT molecular complexity index is 1050. The summed E-state index contributed by atoms with van der Waals surface area (Å²) >= 11 is 5.76. The highest BCUT2D eigenvalue weighted by molar-refractivity contribution is 6.31. The fourth-order valence-electron chi connectivity index (χ4n) is 2.47. The van der Waals surface area contributed by atoms with Crippen molar-refractivity contribution < 1.29 is 14.5 Å². The number of aromatic nitrogens is 3. The van der Waals surface area contributed by atoms with Gasteiger partial charge in [0.1, 0.15) is 24.3 Å². The summed E-state index contributed by atoms with van der Waals surface area (Å²) in [6.07, 6.45) is 2.78. The van der Waals surface area contributed by atoms with Gasteiger partial charge in [-0.1, -0.05) is 11.6 Å². The first-order chi connectivity index (χ1) is 13.8. The molecule has 0 fully saturated rings. The predicted molar refractivity (Wildman–Crippen MR) is 106 cm³/mol. The molecule has 2 amide bonds. The first kappa shape index (κ1) is 20.0. The van der Waals surface area contributed by atoms with Crippen LogP contribution in [0.4, 0.5) is 17.1 Å². The molecule has 0 saturated carbocycles. The van der Waals surface area contributed by atoms with E-state index >= 15 is 0 Å². The fourth-order valence-corrected chi connectivity index (χ4v) is 2.63. The van der Waals surface area contributed by atoms with Crippen LogP contribution in [0.15, 0.2) is 55.1 Å². The minimum atomic E-state index is -0.671. The van der Waals surface area contributed by atoms with Crippen LogP contribution >= 0.6 is 11.6 Å². The molecular formula is C18H15ClN6O4. The maximum Gasteiger partial charge on any atom is 0.283 e. The summed E-state index contributed by atoms with van der Waals surface area (Å²) < 4.78 is 1.42. The molecule has 3 rings (SSSR count). The van der Waals surface area contributed by atoms with E-state index in [9.17, 15) is 19.7 Å². The zero-order valence-electron chi connectivity index (χ0n) is 15.1. The number of hydrogen-bond donors (Lipinski definition) is 2. The molecule has 1 atom stereocenters. The lowest BCUT2D eigenvalue weighted by Gasteiger charge is -2.12. The second-order valence-electron chi connectivity index (χ2n) is 5.99. The van der Waals surface area contributed by atoms with Gasteiger partial charge < -0.3 is 10.6 Å². The minimum absolute atomic E-state index is 0.113. The Morgan fingerprint density at radius 3 is 2.38 bits per heavy atom. The number of amides is 2. The molecule has 10 nitrogen and oxygen atoms in total. The van der Waals surface area contributed by atoms with Crippen molar-refractivity contribution in [2.24, 2.45) is 0 Å². The van der Waals surface area contributed by atoms with Crippen molar-refractivity contribution in [3.63, 3.8) is 0 Å². The summed E-state index contributed by atoms with van der Waals surface area (Å²) in [5.74, 6) is -0.936. The summed E-state index contributed by atoms with van der Waals surface area (Å²) in [6, 6.07) is 9.57. The van der Waals surface area contributed by atoms with Crippen LogP contribution in [-0.2, 0) is 4.79 Å². The number of nitro benzene ring substituents is 1. The predicted octanol–water partition coefficient (Wildman–Crippen LogP) is 3.29. The van der Waals surface area contributed by atoms with E-state index in [2.05, 4.69) is 20.7 Å². The molecule has 0 aliphatic heterocycles. The van der Waals surface area contributed by atoms with E-state index < -0.39 is 16.9 Å². The first-order valence-electron chi connectivity index (χ1n) is 8.35. The summed E-state index contributed by atoms with van der Waals surface area (Å²) in [5, 5.41) is 20.5. The van der Waals surface area contributed by atoms with Crippen molar-refractivity contribution in [2.75, 3.05) is 10.6 Å². The summed E-state index contributed by atoms with van der Waals surface area (Å²) in [5.41, 5.74) is 0.415. The fraction of sp³-hybridized carbons (Fsp3) is 0.111. The molecule has 1 heterocycles. The minimum Gasteiger partial charge on any atom is -0.324 e. The van der Waals surface area contributed by atoms with Crippen molar-refractivity contribution in [3.05, 3.63) is 75.8 Å². The van der Waals surface area contributed by atoms with Gasteiger partial charge in [-0.3, -0.25) is 19.7 Å². The van der Waals surface area contributed by atoms with E-state index in [1.165, 1.54) is 29.5 Å². The number of benzene rings is 2. The second kappa shape index (κ2) is 8.48. The number of carbonyl (C=O) groups excluding carboxylic acids is 2. The van der Waals surface area contributed by atoms with Gasteiger partial charge in [0.05, 0.1) is 4.92 Å². The van der Waals surface area contributed by atoms with E-state index in [0.717, 1.165) is 6.07 Å². The van der Waals surface area contributed by atoms with Gasteiger partial charge in [-0.15, -0.1) is 0 Å². The molecule has 0 aliphatic carbocycles. The van der Waals surface area contributed by atoms with E-state index in [1.54, 1.807) is 31.2 Å². The van der Waals surface area contributed by atoms with Crippen LogP contribution < -0.4 is 10.6 Å². The number of nitro groups is 1. The highest BCUT2D eigenvalue weighted by atomic mass is 35.5. The third-order valence-electron chi connectivity index (χ3n) is 4.02. The standard InChI is InChI=1S/C18H15ClN6O4/c1-11(24-10-20-9-21-24)17(26)22-13-3-5-14(6-4-13)23-18(27)15-7-2-12(19)8-16(15)25(28)29/h2-11H,1H3,(H,22,26)(H,23,27). The lowest BCUT2D eigenvalue weighted by atomic mass is 10.1. The zero-order chi connectivity index (χ0) is 21.0. The van der Waals surface area contributed by atoms with Gasteiger partial charge in [0.25, 0.3) is 11.6 Å². The summed E-state index contributed by atoms with van der Waals surface area (Å²) in [7, 11) is 0. The molecular weight excluding hydrogens is 400 g/mol. The van der Waals surface area contributed by atoms with Gasteiger partial charge in [0, 0.05) is 22.5 Å². The van der Waals surface area contributed by atoms with E-state index in [0.29, 0.717) is 11.4 Å². The molecule has 0 bridgehead atoms. The third kappa shape index (κ3) is 4.74. The largest absolute Gasteiger partial charge is 0.324 e. The van der Waals surface area contributed by atoms with E-state index in [-0.39, 0.29) is 22.2 Å². The Morgan fingerprint density at radius 2 is 1.79 bits per heavy atom. The van der Waals surface area contributed by atoms with E-state index in [1.807, 2.05) is 0 Å². The number of carbonyl (C=O) groups is 2. The van der Waals surface area contributed by atoms with Crippen molar-refractivity contribution in [2.45, 2.75) is 13.0 Å². The summed E-state index contributed by atoms with van der Waals surface area (Å²) in [4.78, 5) is 38.9. The number of anilines is 2. The molecule has 148 valence electrons. The molecule has 0 saturated heterocycles. The van der Waals surface area contributed by atoms with Crippen LogP contribution in [0.3, 0.4) is 0 Å². The summed E-state index contributed by atoms with van der Waals surface area (Å²) in [6.45, 7) is 1.68. The van der Waals surface area contributed by atoms with Crippen molar-refractivity contribution in [1.29, 1.82) is 0 Å². The molecule has 29 heavy (non-hydrogen) atoms. The molecule has 11 heteroatoms. The molecule has 0 aliphatic rings. The van der Waals surface area contributed by atoms with Gasteiger partial charge in [-0.2, -0.15) is 5.10 Å². The molecule has 3 aromatic rings. The van der Waals surface area contributed by atoms with Crippen LogP contribution in [0.25, 0.3) is 0 Å². The highest BCUT2D eigenvalue weighted by Gasteiger charge is 2.21. The lowest BCUT2D eigenvalue weighted by molar-refractivity contribution is -0.385. The zero-order valence-corrected chi connectivity index (χ0v) is 15.8. The van der Waals surface area contributed by atoms with Crippen molar-refractivity contribution in [3.8, 4) is 0 Å². The Morgan fingerprint density at radius 1 is 1.14 bits per heavy atom. The van der Waals surface area contributed by atoms with E-state index in [4.69, 9.17) is 11.6 Å². The molecule has 2 aromatic carbocycles. The maximum absolute atomic E-state index is 12.4. The van der Waals surface area contributed by atoms with Gasteiger partial charge >= 0.3 is 0 Å². The number of halogens is 1. The van der Waals surface area contributed by atoms with Crippen LogP contribution in [0, 0.1) is 10.1 Å². The van der Waals surface area contributed by atoms with Gasteiger partial charge in [0.15, 0.2) is 0 Å². The normalized spacial score (nSPS) is 11.5. The molecule has 2 N–H and O–H groups in total. The average molecular weight is 415 g/mol. The Hall–Kier alpha value is -3.79. The smallest absolute Gasteiger partial charge is 0.283 e. The Kier molecular flexibility index (Phi) is 5.84. The number of hydrogen-bond acceptors (Lipinski definition) is 6. The quantitative estimate of drug-likeness (QED) is 0.469. The monoisotopic (exact) mass is 414 g/mol. The molecule has 0 spiro atoms. The van der Waals surface area contributed by atoms with Crippen LogP contribution in [0.1, 0.15) is 23.3 Å². The van der Waals surface area contributed by atoms with Gasteiger partial charge in [-0.25, -0.2) is 9.67 Å². The Labute approximate surface area is 169 Å². The molecule has 1 aromatic heterocycles. The van der Waals surface area contributed by atoms with Crippen LogP contribution in [0.5, 0.6) is 0 Å². The topological polar surface area (TPSA) is 132 Å². The van der Waals surface area contributed by atoms with Crippen LogP contribution in [-0.4, -0.2) is 31.5 Å². The lowest BCUT2D eigenvalue weighted by Crippen LogP contribution is -2.24. The Balaban J connectivity index is 1.67. The second-order valence-corrected chi connectivity index (χ2v) is 6.43. The van der Waals surface area contributed by atoms with Crippen molar-refractivity contribution in [1.82, 2.24) is 14.8 Å². The molecule has 1 unspecified atom stereocenters. The first-order valence-corrected chi connectivity index (χ1v) is 8.73. The average Bonchev–Trinajstić information content (AvgIpc) is 3.23. The van der Waals surface area contributed by atoms with Gasteiger partial charge in [0.2, 0.25) is 5.91 Å². The number of rotatable bonds is 6. The number of nitrogens with one attached hydrogen (secondary N) is 2. The SMILES string of the molecule is CC(C(=O)Nc1ccc(NC(=O)c2ccc(Cl)cc2[N+](=O)[O-])cc1)n1cncn1. The van der Waals surface area contributed by atoms with Crippen LogP contribution in [0.2, 0.25) is 5.02 Å². The highest BCUT2D eigenvalue weighted by Crippen LogP contribution is 2.24. The van der Waals surface area contributed by atoms with Crippen molar-refractivity contribution >= 4 is 40.5 Å². The molecule has 0 radical (unpaired) electrons. The van der Waals surface area contributed by atoms with Gasteiger partial charge in [-0.05, 0) is 43.3 Å². The maximum atomic E-state index is 12.4. The number of nitrogens with zero attached hydrogens (tertiary/aromatic N) is 4.